The first-order valence-electron chi connectivity index (χ1n) is 9.35. The summed E-state index contributed by atoms with van der Waals surface area (Å²) in [5, 5.41) is 13.4. The second-order valence-electron chi connectivity index (χ2n) is 6.92. The van der Waals surface area contributed by atoms with Crippen LogP contribution in [0.5, 0.6) is 0 Å². The predicted molar refractivity (Wildman–Crippen MR) is 107 cm³/mol. The van der Waals surface area contributed by atoms with Crippen LogP contribution in [0.1, 0.15) is 45.5 Å². The second kappa shape index (κ2) is 7.25. The summed E-state index contributed by atoms with van der Waals surface area (Å²) in [6, 6.07) is 7.63. The number of nitrogens with one attached hydrogen (secondary N) is 1. The zero-order valence-corrected chi connectivity index (χ0v) is 16.5. The molecule has 0 unspecified atom stereocenters. The van der Waals surface area contributed by atoms with Crippen LogP contribution in [0.3, 0.4) is 0 Å². The van der Waals surface area contributed by atoms with E-state index in [2.05, 4.69) is 25.5 Å². The Kier molecular flexibility index (Phi) is 4.44. The maximum Gasteiger partial charge on any atom is 0.261 e. The number of carbonyl (C=O) groups excluding carboxylic acids is 1. The molecule has 1 saturated carbocycles. The summed E-state index contributed by atoms with van der Waals surface area (Å²) in [5.41, 5.74) is 1.88. The molecule has 1 N–H and O–H groups in total. The Bertz CT molecular complexity index is 1160. The van der Waals surface area contributed by atoms with E-state index in [-0.39, 0.29) is 5.91 Å². The molecule has 146 valence electrons. The fraction of sp³-hybridized carbons (Fsp3) is 0.250. The number of hydrogen-bond donors (Lipinski definition) is 1. The molecular formula is C20H18N6O2S. The van der Waals surface area contributed by atoms with Crippen molar-refractivity contribution in [3.05, 3.63) is 64.0 Å². The first-order valence-corrected chi connectivity index (χ1v) is 10.2. The number of amides is 1. The lowest BCUT2D eigenvalue weighted by atomic mass is 10.2. The lowest BCUT2D eigenvalue weighted by Crippen LogP contribution is -2.22. The Labute approximate surface area is 170 Å². The molecule has 29 heavy (non-hydrogen) atoms. The largest absolute Gasteiger partial charge is 0.347 e. The molecule has 4 aromatic heterocycles. The Hall–Kier alpha value is -3.33. The van der Waals surface area contributed by atoms with Gasteiger partial charge in [-0.1, -0.05) is 11.2 Å². The van der Waals surface area contributed by atoms with Gasteiger partial charge in [0.05, 0.1) is 29.6 Å². The lowest BCUT2D eigenvalue weighted by molar-refractivity contribution is 0.0950. The van der Waals surface area contributed by atoms with E-state index in [0.717, 1.165) is 23.5 Å². The summed E-state index contributed by atoms with van der Waals surface area (Å²) in [6.07, 6.45) is 5.43. The van der Waals surface area contributed by atoms with Gasteiger partial charge in [-0.05, 0) is 43.3 Å². The summed E-state index contributed by atoms with van der Waals surface area (Å²) in [5.74, 6) is 1.92. The number of thiophene rings is 1. The van der Waals surface area contributed by atoms with Crippen molar-refractivity contribution in [3.63, 3.8) is 0 Å². The molecule has 0 aromatic carbocycles. The summed E-state index contributed by atoms with van der Waals surface area (Å²) < 4.78 is 7.10. The minimum atomic E-state index is -0.173. The van der Waals surface area contributed by atoms with E-state index in [1.54, 1.807) is 28.4 Å². The van der Waals surface area contributed by atoms with Crippen molar-refractivity contribution < 1.29 is 9.32 Å². The highest BCUT2D eigenvalue weighted by molar-refractivity contribution is 7.09. The molecule has 1 fully saturated rings. The van der Waals surface area contributed by atoms with Gasteiger partial charge in [0.2, 0.25) is 0 Å². The van der Waals surface area contributed by atoms with Gasteiger partial charge in [-0.15, -0.1) is 11.3 Å². The molecule has 9 heteroatoms. The van der Waals surface area contributed by atoms with Crippen LogP contribution >= 0.6 is 11.3 Å². The smallest absolute Gasteiger partial charge is 0.261 e. The maximum atomic E-state index is 12.6. The highest BCUT2D eigenvalue weighted by atomic mass is 32.1. The van der Waals surface area contributed by atoms with E-state index in [4.69, 9.17) is 4.52 Å². The third-order valence-corrected chi connectivity index (χ3v) is 5.74. The number of carbonyl (C=O) groups is 1. The van der Waals surface area contributed by atoms with Gasteiger partial charge in [-0.3, -0.25) is 4.79 Å². The summed E-state index contributed by atoms with van der Waals surface area (Å²) in [4.78, 5) is 22.7. The van der Waals surface area contributed by atoms with Crippen LogP contribution in [0.25, 0.3) is 17.3 Å². The molecule has 1 aliphatic carbocycles. The Balaban J connectivity index is 1.43. The zero-order chi connectivity index (χ0) is 19.8. The Morgan fingerprint density at radius 3 is 3.03 bits per heavy atom. The molecule has 4 heterocycles. The summed E-state index contributed by atoms with van der Waals surface area (Å²) in [6.45, 7) is 2.33. The maximum absolute atomic E-state index is 12.6. The van der Waals surface area contributed by atoms with Crippen molar-refractivity contribution >= 4 is 17.2 Å². The van der Waals surface area contributed by atoms with Crippen LogP contribution in [-0.4, -0.2) is 30.8 Å². The first-order chi connectivity index (χ1) is 14.2. The third kappa shape index (κ3) is 3.44. The number of hydrogen-bond acceptors (Lipinski definition) is 7. The van der Waals surface area contributed by atoms with Crippen molar-refractivity contribution in [2.45, 2.75) is 32.2 Å². The van der Waals surface area contributed by atoms with Gasteiger partial charge in [0, 0.05) is 17.0 Å². The molecular weight excluding hydrogens is 388 g/mol. The number of pyridine rings is 1. The molecule has 0 aliphatic heterocycles. The fourth-order valence-electron chi connectivity index (χ4n) is 3.11. The number of aromatic nitrogens is 5. The van der Waals surface area contributed by atoms with Gasteiger partial charge in [0.25, 0.3) is 11.8 Å². The topological polar surface area (TPSA) is 98.7 Å². The van der Waals surface area contributed by atoms with E-state index in [1.165, 1.54) is 0 Å². The molecule has 0 spiro atoms. The van der Waals surface area contributed by atoms with Crippen LogP contribution in [-0.2, 0) is 6.54 Å². The molecule has 8 nitrogen and oxygen atoms in total. The Morgan fingerprint density at radius 1 is 1.34 bits per heavy atom. The van der Waals surface area contributed by atoms with Crippen LogP contribution in [0.2, 0.25) is 0 Å². The van der Waals surface area contributed by atoms with E-state index in [0.29, 0.717) is 41.0 Å². The summed E-state index contributed by atoms with van der Waals surface area (Å²) in [7, 11) is 0. The normalized spacial score (nSPS) is 13.6. The van der Waals surface area contributed by atoms with Gasteiger partial charge >= 0.3 is 0 Å². The highest BCUT2D eigenvalue weighted by Crippen LogP contribution is 2.39. The molecule has 0 bridgehead atoms. The van der Waals surface area contributed by atoms with Crippen molar-refractivity contribution in [1.29, 1.82) is 0 Å². The standard InChI is InChI=1S/C20H18N6O2S/c1-12-16(19(27)22-10-14-4-3-9-29-14)11-23-26(12)18-15(5-2-8-21-18)20-24-17(25-28-20)13-6-7-13/h2-5,8-9,11,13H,6-7,10H2,1H3,(H,22,27). The van der Waals surface area contributed by atoms with Crippen LogP contribution in [0.4, 0.5) is 0 Å². The van der Waals surface area contributed by atoms with Gasteiger partial charge in [0.15, 0.2) is 11.6 Å². The second-order valence-corrected chi connectivity index (χ2v) is 7.96. The van der Waals surface area contributed by atoms with E-state index in [1.807, 2.05) is 36.6 Å². The molecule has 1 amide bonds. The zero-order valence-electron chi connectivity index (χ0n) is 15.7. The number of nitrogens with zero attached hydrogens (tertiary/aromatic N) is 5. The molecule has 5 rings (SSSR count). The van der Waals surface area contributed by atoms with Gasteiger partial charge < -0.3 is 9.84 Å². The molecule has 1 aliphatic rings. The minimum absolute atomic E-state index is 0.173. The molecule has 0 atom stereocenters. The molecule has 4 aromatic rings. The molecule has 0 radical (unpaired) electrons. The predicted octanol–water partition coefficient (Wildman–Crippen LogP) is 3.49. The SMILES string of the molecule is Cc1c(C(=O)NCc2cccs2)cnn1-c1ncccc1-c1nc(C2CC2)no1. The average molecular weight is 406 g/mol. The van der Waals surface area contributed by atoms with E-state index < -0.39 is 0 Å². The van der Waals surface area contributed by atoms with Crippen LogP contribution < -0.4 is 5.32 Å². The minimum Gasteiger partial charge on any atom is -0.347 e. The monoisotopic (exact) mass is 406 g/mol. The Morgan fingerprint density at radius 2 is 2.24 bits per heavy atom. The van der Waals surface area contributed by atoms with Gasteiger partial charge in [0.1, 0.15) is 0 Å². The third-order valence-electron chi connectivity index (χ3n) is 4.86. The van der Waals surface area contributed by atoms with E-state index >= 15 is 0 Å². The average Bonchev–Trinajstić information content (AvgIpc) is 3.12. The molecule has 0 saturated heterocycles. The fourth-order valence-corrected chi connectivity index (χ4v) is 3.75. The summed E-state index contributed by atoms with van der Waals surface area (Å²) >= 11 is 1.61. The first kappa shape index (κ1) is 17.7. The quantitative estimate of drug-likeness (QED) is 0.526. The van der Waals surface area contributed by atoms with Crippen molar-refractivity contribution in [2.24, 2.45) is 0 Å². The van der Waals surface area contributed by atoms with Crippen LogP contribution in [0.15, 0.2) is 46.6 Å². The van der Waals surface area contributed by atoms with Crippen LogP contribution in [0, 0.1) is 6.92 Å². The van der Waals surface area contributed by atoms with Crippen molar-refractivity contribution in [2.75, 3.05) is 0 Å². The highest BCUT2D eigenvalue weighted by Gasteiger charge is 2.29. The lowest BCUT2D eigenvalue weighted by Gasteiger charge is -2.08. The van der Waals surface area contributed by atoms with Gasteiger partial charge in [-0.2, -0.15) is 10.1 Å². The van der Waals surface area contributed by atoms with Gasteiger partial charge in [-0.25, -0.2) is 9.67 Å². The van der Waals surface area contributed by atoms with Crippen molar-refractivity contribution in [3.8, 4) is 17.3 Å². The number of rotatable bonds is 6. The van der Waals surface area contributed by atoms with Crippen molar-refractivity contribution in [1.82, 2.24) is 30.2 Å². The van der Waals surface area contributed by atoms with E-state index in [9.17, 15) is 4.79 Å².